The molecule has 0 spiro atoms. The van der Waals surface area contributed by atoms with E-state index in [1.807, 2.05) is 6.08 Å². The van der Waals surface area contributed by atoms with Crippen LogP contribution < -0.4 is 5.32 Å². The van der Waals surface area contributed by atoms with Gasteiger partial charge in [-0.25, -0.2) is 0 Å². The minimum atomic E-state index is 0.230. The molecule has 1 N–H and O–H groups in total. The Morgan fingerprint density at radius 2 is 1.94 bits per heavy atom. The van der Waals surface area contributed by atoms with Gasteiger partial charge in [0.15, 0.2) is 0 Å². The molecule has 2 aromatic carbocycles. The molecule has 1 unspecified atom stereocenters. The second-order valence-electron chi connectivity index (χ2n) is 4.02. The van der Waals surface area contributed by atoms with E-state index in [9.17, 15) is 0 Å². The summed E-state index contributed by atoms with van der Waals surface area (Å²) in [5.74, 6) is 0. The highest BCUT2D eigenvalue weighted by atomic mass is 79.9. The van der Waals surface area contributed by atoms with E-state index in [2.05, 4.69) is 71.1 Å². The van der Waals surface area contributed by atoms with Crippen molar-refractivity contribution in [3.8, 4) is 0 Å². The average Bonchev–Trinajstić information content (AvgIpc) is 2.35. The molecular formula is C15H16BrN. The summed E-state index contributed by atoms with van der Waals surface area (Å²) in [6, 6.07) is 13.1. The molecule has 0 amide bonds. The predicted octanol–water partition coefficient (Wildman–Crippen LogP) is 4.44. The number of hydrogen-bond donors (Lipinski definition) is 1. The van der Waals surface area contributed by atoms with E-state index < -0.39 is 0 Å². The molecular weight excluding hydrogens is 274 g/mol. The summed E-state index contributed by atoms with van der Waals surface area (Å²) in [6.07, 6.45) is 1.95. The van der Waals surface area contributed by atoms with Crippen molar-refractivity contribution in [2.75, 3.05) is 6.54 Å². The van der Waals surface area contributed by atoms with Crippen LogP contribution in [0.15, 0.2) is 53.5 Å². The van der Waals surface area contributed by atoms with Crippen LogP contribution in [0.4, 0.5) is 0 Å². The maximum absolute atomic E-state index is 3.88. The number of hydrogen-bond acceptors (Lipinski definition) is 1. The molecule has 0 aliphatic carbocycles. The van der Waals surface area contributed by atoms with Crippen molar-refractivity contribution >= 4 is 26.7 Å². The van der Waals surface area contributed by atoms with E-state index in [-0.39, 0.29) is 6.04 Å². The highest BCUT2D eigenvalue weighted by Crippen LogP contribution is 2.24. The molecule has 0 saturated carbocycles. The molecule has 0 aromatic heterocycles. The largest absolute Gasteiger partial charge is 0.307 e. The summed E-state index contributed by atoms with van der Waals surface area (Å²) in [4.78, 5) is 0. The van der Waals surface area contributed by atoms with E-state index in [1.165, 1.54) is 16.3 Å². The van der Waals surface area contributed by atoms with Crippen LogP contribution in [0.2, 0.25) is 0 Å². The van der Waals surface area contributed by atoms with Gasteiger partial charge in [-0.1, -0.05) is 47.1 Å². The van der Waals surface area contributed by atoms with E-state index in [0.717, 1.165) is 11.0 Å². The molecule has 88 valence electrons. The Balaban J connectivity index is 2.43. The van der Waals surface area contributed by atoms with E-state index >= 15 is 0 Å². The number of likely N-dealkylation sites (N-methyl/N-ethyl adjacent to an activating group) is 1. The first-order valence-corrected chi connectivity index (χ1v) is 6.59. The zero-order valence-corrected chi connectivity index (χ0v) is 11.5. The summed E-state index contributed by atoms with van der Waals surface area (Å²) < 4.78 is 1.12. The molecule has 0 radical (unpaired) electrons. The molecule has 0 saturated heterocycles. The summed E-state index contributed by atoms with van der Waals surface area (Å²) >= 11 is 3.49. The van der Waals surface area contributed by atoms with Crippen LogP contribution in [0.1, 0.15) is 18.5 Å². The Kier molecular flexibility index (Phi) is 3.97. The van der Waals surface area contributed by atoms with Gasteiger partial charge in [-0.3, -0.25) is 0 Å². The van der Waals surface area contributed by atoms with Gasteiger partial charge in [-0.2, -0.15) is 0 Å². The molecule has 0 bridgehead atoms. The lowest BCUT2D eigenvalue weighted by molar-refractivity contribution is 0.650. The van der Waals surface area contributed by atoms with Crippen LogP contribution >= 0.6 is 15.9 Å². The zero-order chi connectivity index (χ0) is 12.3. The molecule has 2 rings (SSSR count). The summed E-state index contributed by atoms with van der Waals surface area (Å²) in [6.45, 7) is 6.93. The van der Waals surface area contributed by atoms with Gasteiger partial charge in [0.2, 0.25) is 0 Å². The first-order valence-electron chi connectivity index (χ1n) is 5.79. The molecule has 1 atom stereocenters. The van der Waals surface area contributed by atoms with Crippen molar-refractivity contribution in [1.29, 1.82) is 0 Å². The van der Waals surface area contributed by atoms with Crippen LogP contribution in [0.25, 0.3) is 10.8 Å². The fourth-order valence-electron chi connectivity index (χ4n) is 1.99. The maximum Gasteiger partial charge on any atom is 0.0503 e. The normalized spacial score (nSPS) is 12.6. The monoisotopic (exact) mass is 289 g/mol. The van der Waals surface area contributed by atoms with Gasteiger partial charge in [0, 0.05) is 4.47 Å². The second kappa shape index (κ2) is 5.48. The van der Waals surface area contributed by atoms with Gasteiger partial charge in [0.05, 0.1) is 6.04 Å². The van der Waals surface area contributed by atoms with E-state index in [0.29, 0.717) is 0 Å². The Morgan fingerprint density at radius 3 is 2.65 bits per heavy atom. The number of fused-ring (bicyclic) bond motifs is 1. The lowest BCUT2D eigenvalue weighted by Gasteiger charge is -2.14. The van der Waals surface area contributed by atoms with Crippen molar-refractivity contribution < 1.29 is 0 Å². The third-order valence-corrected chi connectivity index (χ3v) is 3.34. The highest BCUT2D eigenvalue weighted by Gasteiger charge is 2.06. The lowest BCUT2D eigenvalue weighted by Crippen LogP contribution is -2.18. The minimum absolute atomic E-state index is 0.230. The third-order valence-electron chi connectivity index (χ3n) is 2.85. The van der Waals surface area contributed by atoms with Crippen molar-refractivity contribution in [3.05, 3.63) is 59.1 Å². The Morgan fingerprint density at radius 1 is 1.24 bits per heavy atom. The molecule has 0 aliphatic rings. The number of halogens is 1. The highest BCUT2D eigenvalue weighted by molar-refractivity contribution is 9.10. The fraction of sp³-hybridized carbons (Fsp3) is 0.200. The van der Waals surface area contributed by atoms with Crippen molar-refractivity contribution in [1.82, 2.24) is 5.32 Å². The summed E-state index contributed by atoms with van der Waals surface area (Å²) in [5.41, 5.74) is 1.26. The molecule has 0 aliphatic heterocycles. The van der Waals surface area contributed by atoms with Crippen LogP contribution in [-0.2, 0) is 0 Å². The first-order chi connectivity index (χ1) is 8.24. The zero-order valence-electron chi connectivity index (χ0n) is 9.91. The fourth-order valence-corrected chi connectivity index (χ4v) is 2.36. The van der Waals surface area contributed by atoms with Crippen molar-refractivity contribution in [2.45, 2.75) is 13.0 Å². The molecule has 0 fully saturated rings. The average molecular weight is 290 g/mol. The molecule has 2 heteroatoms. The topological polar surface area (TPSA) is 12.0 Å². The van der Waals surface area contributed by atoms with E-state index in [1.54, 1.807) is 0 Å². The van der Waals surface area contributed by atoms with Crippen molar-refractivity contribution in [3.63, 3.8) is 0 Å². The summed E-state index contributed by atoms with van der Waals surface area (Å²) in [5, 5.41) is 5.91. The Hall–Kier alpha value is -1.12. The van der Waals surface area contributed by atoms with Gasteiger partial charge in [0.25, 0.3) is 0 Å². The Bertz CT molecular complexity index is 533. The van der Waals surface area contributed by atoms with Crippen LogP contribution in [-0.4, -0.2) is 6.54 Å². The molecule has 17 heavy (non-hydrogen) atoms. The van der Waals surface area contributed by atoms with Gasteiger partial charge in [-0.15, -0.1) is 6.58 Å². The van der Waals surface area contributed by atoms with Crippen LogP contribution in [0.5, 0.6) is 0 Å². The van der Waals surface area contributed by atoms with Crippen molar-refractivity contribution in [2.24, 2.45) is 0 Å². The third kappa shape index (κ3) is 2.76. The van der Waals surface area contributed by atoms with Crippen LogP contribution in [0.3, 0.4) is 0 Å². The molecule has 1 nitrogen and oxygen atoms in total. The predicted molar refractivity (Wildman–Crippen MR) is 78.3 cm³/mol. The minimum Gasteiger partial charge on any atom is -0.307 e. The summed E-state index contributed by atoms with van der Waals surface area (Å²) in [7, 11) is 0. The lowest BCUT2D eigenvalue weighted by atomic mass is 10.0. The smallest absolute Gasteiger partial charge is 0.0503 e. The number of nitrogens with one attached hydrogen (secondary N) is 1. The van der Waals surface area contributed by atoms with Gasteiger partial charge in [-0.05, 0) is 41.1 Å². The molecule has 2 aromatic rings. The first kappa shape index (κ1) is 12.3. The SMILES string of the molecule is C=CC(NCC)c1ccc2cc(Br)ccc2c1. The Labute approximate surface area is 111 Å². The maximum atomic E-state index is 3.88. The quantitative estimate of drug-likeness (QED) is 0.821. The number of benzene rings is 2. The van der Waals surface area contributed by atoms with Crippen LogP contribution in [0, 0.1) is 0 Å². The van der Waals surface area contributed by atoms with Gasteiger partial charge in [0.1, 0.15) is 0 Å². The van der Waals surface area contributed by atoms with Gasteiger partial charge < -0.3 is 5.32 Å². The number of rotatable bonds is 4. The van der Waals surface area contributed by atoms with Gasteiger partial charge >= 0.3 is 0 Å². The molecule has 0 heterocycles. The van der Waals surface area contributed by atoms with E-state index in [4.69, 9.17) is 0 Å². The second-order valence-corrected chi connectivity index (χ2v) is 4.94. The standard InChI is InChI=1S/C15H16BrN/c1-3-15(17-4-2)13-6-5-12-10-14(16)8-7-11(12)9-13/h3,5-10,15,17H,1,4H2,2H3.